The van der Waals surface area contributed by atoms with Gasteiger partial charge in [0, 0.05) is 23.8 Å². The SMILES string of the molecule is NCC1COCCN1c1cccc(Cl)c1. The molecule has 0 saturated carbocycles. The molecule has 15 heavy (non-hydrogen) atoms. The van der Waals surface area contributed by atoms with E-state index in [0.717, 1.165) is 23.9 Å². The molecule has 4 heteroatoms. The van der Waals surface area contributed by atoms with Crippen LogP contribution in [0, 0.1) is 0 Å². The van der Waals surface area contributed by atoms with E-state index >= 15 is 0 Å². The van der Waals surface area contributed by atoms with Crippen molar-refractivity contribution >= 4 is 17.3 Å². The Morgan fingerprint density at radius 2 is 2.40 bits per heavy atom. The first-order chi connectivity index (χ1) is 7.31. The van der Waals surface area contributed by atoms with Crippen molar-refractivity contribution in [3.63, 3.8) is 0 Å². The zero-order chi connectivity index (χ0) is 10.7. The number of nitrogens with zero attached hydrogens (tertiary/aromatic N) is 1. The second-order valence-electron chi connectivity index (χ2n) is 3.64. The number of ether oxygens (including phenoxy) is 1. The topological polar surface area (TPSA) is 38.5 Å². The third kappa shape index (κ3) is 2.43. The van der Waals surface area contributed by atoms with E-state index in [-0.39, 0.29) is 6.04 Å². The lowest BCUT2D eigenvalue weighted by Crippen LogP contribution is -2.49. The summed E-state index contributed by atoms with van der Waals surface area (Å²) in [6.45, 7) is 2.93. The van der Waals surface area contributed by atoms with E-state index in [4.69, 9.17) is 22.1 Å². The number of hydrogen-bond donors (Lipinski definition) is 1. The Kier molecular flexibility index (Phi) is 3.46. The van der Waals surface area contributed by atoms with E-state index < -0.39 is 0 Å². The van der Waals surface area contributed by atoms with Crippen LogP contribution < -0.4 is 10.6 Å². The largest absolute Gasteiger partial charge is 0.377 e. The summed E-state index contributed by atoms with van der Waals surface area (Å²) in [4.78, 5) is 2.26. The van der Waals surface area contributed by atoms with E-state index in [1.807, 2.05) is 18.2 Å². The summed E-state index contributed by atoms with van der Waals surface area (Å²) in [6.07, 6.45) is 0. The Labute approximate surface area is 94.8 Å². The highest BCUT2D eigenvalue weighted by Crippen LogP contribution is 2.22. The third-order valence-corrected chi connectivity index (χ3v) is 2.87. The van der Waals surface area contributed by atoms with Crippen LogP contribution in [0.5, 0.6) is 0 Å². The van der Waals surface area contributed by atoms with Gasteiger partial charge in [0.05, 0.1) is 19.3 Å². The second kappa shape index (κ2) is 4.84. The van der Waals surface area contributed by atoms with Gasteiger partial charge in [0.1, 0.15) is 0 Å². The lowest BCUT2D eigenvalue weighted by atomic mass is 10.2. The molecule has 1 aromatic carbocycles. The normalized spacial score (nSPS) is 21.7. The average Bonchev–Trinajstić information content (AvgIpc) is 2.29. The lowest BCUT2D eigenvalue weighted by molar-refractivity contribution is 0.0963. The summed E-state index contributed by atoms with van der Waals surface area (Å²) in [6, 6.07) is 8.12. The number of nitrogens with two attached hydrogens (primary N) is 1. The van der Waals surface area contributed by atoms with Gasteiger partial charge in [-0.1, -0.05) is 17.7 Å². The molecule has 0 aromatic heterocycles. The minimum Gasteiger partial charge on any atom is -0.377 e. The molecule has 1 atom stereocenters. The molecule has 3 nitrogen and oxygen atoms in total. The maximum Gasteiger partial charge on any atom is 0.0683 e. The van der Waals surface area contributed by atoms with Gasteiger partial charge in [0.15, 0.2) is 0 Å². The number of morpholine rings is 1. The summed E-state index contributed by atoms with van der Waals surface area (Å²) >= 11 is 5.97. The first kappa shape index (κ1) is 10.7. The van der Waals surface area contributed by atoms with Gasteiger partial charge in [0.25, 0.3) is 0 Å². The minimum atomic E-state index is 0.261. The van der Waals surface area contributed by atoms with Crippen LogP contribution in [0.1, 0.15) is 0 Å². The van der Waals surface area contributed by atoms with Gasteiger partial charge in [-0.05, 0) is 18.2 Å². The fourth-order valence-electron chi connectivity index (χ4n) is 1.84. The maximum atomic E-state index is 5.97. The molecule has 1 saturated heterocycles. The highest BCUT2D eigenvalue weighted by atomic mass is 35.5. The van der Waals surface area contributed by atoms with Crippen LogP contribution in [0.3, 0.4) is 0 Å². The minimum absolute atomic E-state index is 0.261. The van der Waals surface area contributed by atoms with E-state index in [9.17, 15) is 0 Å². The van der Waals surface area contributed by atoms with Crippen LogP contribution in [0.25, 0.3) is 0 Å². The predicted molar refractivity (Wildman–Crippen MR) is 62.5 cm³/mol. The van der Waals surface area contributed by atoms with Crippen LogP contribution in [-0.2, 0) is 4.74 Å². The molecule has 2 N–H and O–H groups in total. The van der Waals surface area contributed by atoms with E-state index in [1.165, 1.54) is 0 Å². The van der Waals surface area contributed by atoms with Crippen LogP contribution in [-0.4, -0.2) is 32.3 Å². The Morgan fingerprint density at radius 3 is 3.13 bits per heavy atom. The molecule has 1 fully saturated rings. The standard InChI is InChI=1S/C11H15ClN2O/c12-9-2-1-3-10(6-9)14-4-5-15-8-11(14)7-13/h1-3,6,11H,4-5,7-8,13H2. The highest BCUT2D eigenvalue weighted by molar-refractivity contribution is 6.30. The van der Waals surface area contributed by atoms with Gasteiger partial charge in [-0.15, -0.1) is 0 Å². The van der Waals surface area contributed by atoms with Gasteiger partial charge < -0.3 is 15.4 Å². The summed E-state index contributed by atoms with van der Waals surface area (Å²) in [5, 5.41) is 0.759. The molecule has 1 heterocycles. The van der Waals surface area contributed by atoms with Gasteiger partial charge >= 0.3 is 0 Å². The quantitative estimate of drug-likeness (QED) is 0.831. The molecule has 0 radical (unpaired) electrons. The van der Waals surface area contributed by atoms with Gasteiger partial charge in [0.2, 0.25) is 0 Å². The first-order valence-corrected chi connectivity index (χ1v) is 5.49. The van der Waals surface area contributed by atoms with E-state index in [0.29, 0.717) is 13.2 Å². The number of halogens is 1. The molecule has 0 amide bonds. The number of rotatable bonds is 2. The van der Waals surface area contributed by atoms with Crippen LogP contribution in [0.2, 0.25) is 5.02 Å². The van der Waals surface area contributed by atoms with E-state index in [2.05, 4.69) is 11.0 Å². The first-order valence-electron chi connectivity index (χ1n) is 5.11. The fourth-order valence-corrected chi connectivity index (χ4v) is 2.03. The number of hydrogen-bond acceptors (Lipinski definition) is 3. The van der Waals surface area contributed by atoms with Crippen molar-refractivity contribution in [1.82, 2.24) is 0 Å². The van der Waals surface area contributed by atoms with Crippen molar-refractivity contribution in [2.75, 3.05) is 31.2 Å². The maximum absolute atomic E-state index is 5.97. The van der Waals surface area contributed by atoms with Crippen LogP contribution in [0.4, 0.5) is 5.69 Å². The zero-order valence-electron chi connectivity index (χ0n) is 8.53. The second-order valence-corrected chi connectivity index (χ2v) is 4.07. The smallest absolute Gasteiger partial charge is 0.0683 e. The molecule has 1 aromatic rings. The number of benzene rings is 1. The van der Waals surface area contributed by atoms with Crippen molar-refractivity contribution in [3.8, 4) is 0 Å². The molecule has 82 valence electrons. The van der Waals surface area contributed by atoms with Gasteiger partial charge in [-0.25, -0.2) is 0 Å². The molecule has 2 rings (SSSR count). The van der Waals surface area contributed by atoms with Crippen LogP contribution >= 0.6 is 11.6 Å². The monoisotopic (exact) mass is 226 g/mol. The molecule has 0 spiro atoms. The summed E-state index contributed by atoms with van der Waals surface area (Å²) in [7, 11) is 0. The molecule has 0 aliphatic carbocycles. The Morgan fingerprint density at radius 1 is 1.53 bits per heavy atom. The molecule has 1 aliphatic heterocycles. The average molecular weight is 227 g/mol. The van der Waals surface area contributed by atoms with Crippen molar-refractivity contribution in [3.05, 3.63) is 29.3 Å². The molecule has 1 aliphatic rings. The van der Waals surface area contributed by atoms with Crippen molar-refractivity contribution in [2.24, 2.45) is 5.73 Å². The lowest BCUT2D eigenvalue weighted by Gasteiger charge is -2.36. The summed E-state index contributed by atoms with van der Waals surface area (Å²) in [5.41, 5.74) is 6.84. The molecule has 0 bridgehead atoms. The summed E-state index contributed by atoms with van der Waals surface area (Å²) in [5.74, 6) is 0. The fraction of sp³-hybridized carbons (Fsp3) is 0.455. The third-order valence-electron chi connectivity index (χ3n) is 2.64. The Hall–Kier alpha value is -0.770. The Bertz CT molecular complexity index is 332. The number of anilines is 1. The van der Waals surface area contributed by atoms with Gasteiger partial charge in [-0.3, -0.25) is 0 Å². The van der Waals surface area contributed by atoms with Gasteiger partial charge in [-0.2, -0.15) is 0 Å². The molecule has 1 unspecified atom stereocenters. The van der Waals surface area contributed by atoms with Crippen molar-refractivity contribution in [1.29, 1.82) is 0 Å². The molecular weight excluding hydrogens is 212 g/mol. The summed E-state index contributed by atoms with van der Waals surface area (Å²) < 4.78 is 5.40. The molecular formula is C11H15ClN2O. The van der Waals surface area contributed by atoms with Crippen molar-refractivity contribution in [2.45, 2.75) is 6.04 Å². The predicted octanol–water partition coefficient (Wildman–Crippen LogP) is 1.50. The Balaban J connectivity index is 2.20. The van der Waals surface area contributed by atoms with Crippen LogP contribution in [0.15, 0.2) is 24.3 Å². The zero-order valence-corrected chi connectivity index (χ0v) is 9.28. The van der Waals surface area contributed by atoms with Crippen molar-refractivity contribution < 1.29 is 4.74 Å². The van der Waals surface area contributed by atoms with E-state index in [1.54, 1.807) is 0 Å². The highest BCUT2D eigenvalue weighted by Gasteiger charge is 2.21.